The molecule has 8 heteroatoms. The van der Waals surface area contributed by atoms with Crippen LogP contribution in [0.1, 0.15) is 63.3 Å². The van der Waals surface area contributed by atoms with Gasteiger partial charge in [-0.25, -0.2) is 4.79 Å². The van der Waals surface area contributed by atoms with Gasteiger partial charge >= 0.3 is 6.03 Å². The Bertz CT molecular complexity index is 615. The summed E-state index contributed by atoms with van der Waals surface area (Å²) in [4.78, 5) is 20.2. The third-order valence-corrected chi connectivity index (χ3v) is 5.47. The Hall–Kier alpha value is -1.67. The van der Waals surface area contributed by atoms with Crippen LogP contribution in [-0.4, -0.2) is 51.9 Å². The quantitative estimate of drug-likeness (QED) is 0.762. The number of unbranched alkanes of at least 4 members (excludes halogenated alkanes) is 1. The van der Waals surface area contributed by atoms with Gasteiger partial charge in [-0.3, -0.25) is 4.84 Å². The smallest absolute Gasteiger partial charge is 0.345 e. The van der Waals surface area contributed by atoms with Crippen LogP contribution in [0.15, 0.2) is 4.42 Å². The van der Waals surface area contributed by atoms with E-state index in [1.54, 1.807) is 9.96 Å². The predicted octanol–water partition coefficient (Wildman–Crippen LogP) is 1.73. The molecule has 4 rings (SSSR count). The van der Waals surface area contributed by atoms with Crippen LogP contribution in [0, 0.1) is 0 Å². The van der Waals surface area contributed by atoms with Crippen LogP contribution in [0.4, 0.5) is 4.79 Å². The van der Waals surface area contributed by atoms with Crippen molar-refractivity contribution in [2.75, 3.05) is 19.7 Å². The zero-order valence-corrected chi connectivity index (χ0v) is 14.1. The molecule has 24 heavy (non-hydrogen) atoms. The number of hydroxylamine groups is 2. The van der Waals surface area contributed by atoms with Crippen molar-refractivity contribution in [3.63, 3.8) is 0 Å². The van der Waals surface area contributed by atoms with E-state index in [0.717, 1.165) is 38.5 Å². The fourth-order valence-electron chi connectivity index (χ4n) is 3.60. The summed E-state index contributed by atoms with van der Waals surface area (Å²) in [6, 6.07) is -0.103. The van der Waals surface area contributed by atoms with E-state index < -0.39 is 0 Å². The number of piperidine rings is 1. The largest absolute Gasteiger partial charge is 0.422 e. The molecule has 1 saturated carbocycles. The minimum absolute atomic E-state index is 0.0849. The summed E-state index contributed by atoms with van der Waals surface area (Å²) in [5.74, 6) is 1.16. The third kappa shape index (κ3) is 2.48. The van der Waals surface area contributed by atoms with Crippen LogP contribution < -0.4 is 5.73 Å². The Kier molecular flexibility index (Phi) is 3.96. The van der Waals surface area contributed by atoms with Gasteiger partial charge in [0.05, 0.1) is 18.1 Å². The van der Waals surface area contributed by atoms with E-state index in [1.807, 2.05) is 0 Å². The SMILES string of the molecule is CCCCON1C(=O)N2C[C@@H]1CC[C@H]2c1nnc(C2(CN)CC2)o1. The second-order valence-corrected chi connectivity index (χ2v) is 7.12. The van der Waals surface area contributed by atoms with Gasteiger partial charge < -0.3 is 15.1 Å². The Morgan fingerprint density at radius 3 is 2.92 bits per heavy atom. The predicted molar refractivity (Wildman–Crippen MR) is 84.8 cm³/mol. The molecule has 0 unspecified atom stereocenters. The molecule has 1 aliphatic carbocycles. The lowest BCUT2D eigenvalue weighted by molar-refractivity contribution is -0.130. The van der Waals surface area contributed by atoms with Crippen LogP contribution in [0.2, 0.25) is 0 Å². The standard InChI is InChI=1S/C16H25N5O3/c1-2-3-8-23-21-11-4-5-12(20(9-11)15(21)22)13-18-19-14(24-13)16(10-17)6-7-16/h11-12H,2-10,17H2,1H3/t11-,12-/m0/s1. The number of rotatable bonds is 7. The molecule has 1 aromatic rings. The molecular weight excluding hydrogens is 310 g/mol. The number of fused-ring (bicyclic) bond motifs is 2. The number of hydrogen-bond acceptors (Lipinski definition) is 6. The van der Waals surface area contributed by atoms with E-state index in [9.17, 15) is 4.79 Å². The number of urea groups is 1. The summed E-state index contributed by atoms with van der Waals surface area (Å²) in [6.07, 6.45) is 5.71. The first-order valence-corrected chi connectivity index (χ1v) is 8.95. The minimum atomic E-state index is -0.150. The van der Waals surface area contributed by atoms with Crippen molar-refractivity contribution < 1.29 is 14.0 Å². The van der Waals surface area contributed by atoms with Crippen LogP contribution in [0.5, 0.6) is 0 Å². The van der Waals surface area contributed by atoms with Crippen molar-refractivity contribution in [1.29, 1.82) is 0 Å². The highest BCUT2D eigenvalue weighted by molar-refractivity contribution is 5.77. The number of aromatic nitrogens is 2. The number of nitrogens with two attached hydrogens (primary N) is 1. The van der Waals surface area contributed by atoms with Crippen molar-refractivity contribution in [2.24, 2.45) is 5.73 Å². The molecule has 0 radical (unpaired) electrons. The molecule has 2 amide bonds. The average Bonchev–Trinajstić information content (AvgIpc) is 3.19. The Morgan fingerprint density at radius 2 is 2.21 bits per heavy atom. The number of carbonyl (C=O) groups is 1. The number of amides is 2. The lowest BCUT2D eigenvalue weighted by Gasteiger charge is -2.27. The maximum absolute atomic E-state index is 12.7. The fraction of sp³-hybridized carbons (Fsp3) is 0.812. The van der Waals surface area contributed by atoms with Crippen molar-refractivity contribution in [2.45, 2.75) is 62.9 Å². The van der Waals surface area contributed by atoms with Gasteiger partial charge in [0.1, 0.15) is 6.04 Å². The second-order valence-electron chi connectivity index (χ2n) is 7.12. The lowest BCUT2D eigenvalue weighted by atomic mass is 10.0. The average molecular weight is 335 g/mol. The van der Waals surface area contributed by atoms with Gasteiger partial charge in [0.25, 0.3) is 0 Å². The van der Waals surface area contributed by atoms with E-state index >= 15 is 0 Å². The third-order valence-electron chi connectivity index (χ3n) is 5.47. The van der Waals surface area contributed by atoms with E-state index in [-0.39, 0.29) is 23.5 Å². The van der Waals surface area contributed by atoms with E-state index in [1.165, 1.54) is 0 Å². The van der Waals surface area contributed by atoms with E-state index in [2.05, 4.69) is 17.1 Å². The van der Waals surface area contributed by atoms with Crippen molar-refractivity contribution >= 4 is 6.03 Å². The normalized spacial score (nSPS) is 27.8. The first-order chi connectivity index (χ1) is 11.7. The summed E-state index contributed by atoms with van der Waals surface area (Å²) in [5.41, 5.74) is 5.71. The second kappa shape index (κ2) is 6.00. The van der Waals surface area contributed by atoms with Gasteiger partial charge in [0.2, 0.25) is 11.8 Å². The molecule has 1 aromatic heterocycles. The molecule has 3 heterocycles. The van der Waals surface area contributed by atoms with Crippen molar-refractivity contribution in [1.82, 2.24) is 20.2 Å². The molecule has 0 aromatic carbocycles. The van der Waals surface area contributed by atoms with E-state index in [0.29, 0.717) is 31.5 Å². The highest BCUT2D eigenvalue weighted by atomic mass is 16.7. The monoisotopic (exact) mass is 335 g/mol. The number of hydrogen-bond donors (Lipinski definition) is 1. The van der Waals surface area contributed by atoms with Crippen molar-refractivity contribution in [3.05, 3.63) is 11.8 Å². The summed E-state index contributed by atoms with van der Waals surface area (Å²) >= 11 is 0. The van der Waals surface area contributed by atoms with Crippen LogP contribution in [-0.2, 0) is 10.3 Å². The number of nitrogens with zero attached hydrogens (tertiary/aromatic N) is 4. The molecule has 3 aliphatic rings. The Balaban J connectivity index is 1.47. The van der Waals surface area contributed by atoms with Gasteiger partial charge in [0, 0.05) is 13.1 Å². The fourth-order valence-corrected chi connectivity index (χ4v) is 3.60. The van der Waals surface area contributed by atoms with Gasteiger partial charge in [-0.1, -0.05) is 13.3 Å². The highest BCUT2D eigenvalue weighted by Gasteiger charge is 2.50. The van der Waals surface area contributed by atoms with Gasteiger partial charge in [0.15, 0.2) is 0 Å². The molecule has 2 saturated heterocycles. The zero-order chi connectivity index (χ0) is 16.7. The molecule has 3 fully saturated rings. The van der Waals surface area contributed by atoms with E-state index in [4.69, 9.17) is 15.0 Å². The van der Waals surface area contributed by atoms with Crippen LogP contribution in [0.3, 0.4) is 0 Å². The van der Waals surface area contributed by atoms with Crippen molar-refractivity contribution in [3.8, 4) is 0 Å². The number of carbonyl (C=O) groups excluding carboxylic acids is 1. The van der Waals surface area contributed by atoms with Crippen LogP contribution in [0.25, 0.3) is 0 Å². The van der Waals surface area contributed by atoms with Gasteiger partial charge in [-0.2, -0.15) is 5.06 Å². The first kappa shape index (κ1) is 15.8. The molecule has 2 N–H and O–H groups in total. The molecule has 8 nitrogen and oxygen atoms in total. The topological polar surface area (TPSA) is 97.7 Å². The van der Waals surface area contributed by atoms with Crippen LogP contribution >= 0.6 is 0 Å². The summed E-state index contributed by atoms with van der Waals surface area (Å²) in [7, 11) is 0. The lowest BCUT2D eigenvalue weighted by Crippen LogP contribution is -2.34. The molecular formula is C16H25N5O3. The molecule has 2 atom stereocenters. The summed E-state index contributed by atoms with van der Waals surface area (Å²) in [5, 5.41) is 9.98. The highest BCUT2D eigenvalue weighted by Crippen LogP contribution is 2.47. The minimum Gasteiger partial charge on any atom is -0.422 e. The molecule has 2 bridgehead atoms. The molecule has 2 aliphatic heterocycles. The van der Waals surface area contributed by atoms with Gasteiger partial charge in [-0.05, 0) is 32.1 Å². The maximum atomic E-state index is 12.7. The zero-order valence-electron chi connectivity index (χ0n) is 14.1. The maximum Gasteiger partial charge on any atom is 0.345 e. The summed E-state index contributed by atoms with van der Waals surface area (Å²) in [6.45, 7) is 3.88. The van der Waals surface area contributed by atoms with Gasteiger partial charge in [-0.15, -0.1) is 10.2 Å². The molecule has 132 valence electrons. The molecule has 0 spiro atoms. The Morgan fingerprint density at radius 1 is 1.38 bits per heavy atom. The summed E-state index contributed by atoms with van der Waals surface area (Å²) < 4.78 is 5.92. The first-order valence-electron chi connectivity index (χ1n) is 8.95. The Labute approximate surface area is 141 Å².